The topological polar surface area (TPSA) is 31.2 Å². The van der Waals surface area contributed by atoms with Gasteiger partial charge < -0.3 is 9.30 Å². The van der Waals surface area contributed by atoms with Crippen molar-refractivity contribution in [1.82, 2.24) is 4.57 Å². The van der Waals surface area contributed by atoms with Crippen molar-refractivity contribution >= 4 is 0 Å². The molecule has 0 radical (unpaired) electrons. The summed E-state index contributed by atoms with van der Waals surface area (Å²) in [6, 6.07) is 3.77. The van der Waals surface area contributed by atoms with Crippen LogP contribution in [0.5, 0.6) is 0 Å². The zero-order valence-corrected chi connectivity index (χ0v) is 8.12. The highest BCUT2D eigenvalue weighted by atomic mass is 16.5. The van der Waals surface area contributed by atoms with E-state index in [4.69, 9.17) is 4.74 Å². The number of rotatable bonds is 4. The summed E-state index contributed by atoms with van der Waals surface area (Å²) in [5.41, 5.74) is 0.959. The zero-order chi connectivity index (χ0) is 9.68. The molecular weight excluding hydrogens is 166 g/mol. The fourth-order valence-electron chi connectivity index (χ4n) is 1.22. The third kappa shape index (κ3) is 2.42. The second kappa shape index (κ2) is 4.82. The van der Waals surface area contributed by atoms with E-state index < -0.39 is 0 Å². The van der Waals surface area contributed by atoms with Gasteiger partial charge in [-0.1, -0.05) is 13.0 Å². The predicted octanol–water partition coefficient (Wildman–Crippen LogP) is 1.06. The smallest absolute Gasteiger partial charge is 0.253 e. The Bertz CT molecular complexity index is 317. The molecular formula is C10H15NO2. The van der Waals surface area contributed by atoms with E-state index in [-0.39, 0.29) is 5.56 Å². The molecule has 0 fully saturated rings. The first-order valence-corrected chi connectivity index (χ1v) is 4.47. The molecule has 0 aromatic carbocycles. The molecule has 0 aliphatic rings. The molecule has 0 amide bonds. The van der Waals surface area contributed by atoms with Gasteiger partial charge in [-0.15, -0.1) is 0 Å². The standard InChI is InChI=1S/C10H15NO2/c1-3-9-5-4-6-11(10(9)12)7-8-13-2/h4-6H,3,7-8H2,1-2H3. The number of nitrogens with zero attached hydrogens (tertiary/aromatic N) is 1. The first kappa shape index (κ1) is 9.99. The zero-order valence-electron chi connectivity index (χ0n) is 8.12. The number of hydrogen-bond acceptors (Lipinski definition) is 2. The van der Waals surface area contributed by atoms with Crippen molar-refractivity contribution in [3.05, 3.63) is 34.2 Å². The van der Waals surface area contributed by atoms with Gasteiger partial charge in [-0.25, -0.2) is 0 Å². The van der Waals surface area contributed by atoms with Crippen LogP contribution in [0.4, 0.5) is 0 Å². The summed E-state index contributed by atoms with van der Waals surface area (Å²) in [6.45, 7) is 3.19. The maximum absolute atomic E-state index is 11.6. The van der Waals surface area contributed by atoms with Crippen LogP contribution < -0.4 is 5.56 Å². The van der Waals surface area contributed by atoms with Crippen molar-refractivity contribution in [2.45, 2.75) is 19.9 Å². The van der Waals surface area contributed by atoms with Gasteiger partial charge in [-0.3, -0.25) is 4.79 Å². The van der Waals surface area contributed by atoms with Crippen LogP contribution in [0, 0.1) is 0 Å². The van der Waals surface area contributed by atoms with Gasteiger partial charge in [0.1, 0.15) is 0 Å². The Morgan fingerprint density at radius 2 is 2.31 bits per heavy atom. The molecule has 0 aliphatic carbocycles. The Kier molecular flexibility index (Phi) is 3.71. The molecule has 0 bridgehead atoms. The Hall–Kier alpha value is -1.09. The lowest BCUT2D eigenvalue weighted by Crippen LogP contribution is -2.24. The molecule has 0 N–H and O–H groups in total. The van der Waals surface area contributed by atoms with Crippen LogP contribution in [0.25, 0.3) is 0 Å². The Morgan fingerprint density at radius 1 is 1.54 bits per heavy atom. The van der Waals surface area contributed by atoms with Crippen LogP contribution in [0.15, 0.2) is 23.1 Å². The summed E-state index contributed by atoms with van der Waals surface area (Å²) in [5.74, 6) is 0. The number of aryl methyl sites for hydroxylation is 1. The minimum atomic E-state index is 0.0991. The molecule has 0 spiro atoms. The number of methoxy groups -OCH3 is 1. The minimum Gasteiger partial charge on any atom is -0.383 e. The van der Waals surface area contributed by atoms with Crippen LogP contribution in [0.2, 0.25) is 0 Å². The van der Waals surface area contributed by atoms with E-state index in [9.17, 15) is 4.79 Å². The molecule has 13 heavy (non-hydrogen) atoms. The molecule has 0 atom stereocenters. The van der Waals surface area contributed by atoms with E-state index in [0.717, 1.165) is 12.0 Å². The lowest BCUT2D eigenvalue weighted by atomic mass is 10.2. The molecule has 1 rings (SSSR count). The molecule has 0 saturated carbocycles. The van der Waals surface area contributed by atoms with Gasteiger partial charge in [0.2, 0.25) is 0 Å². The number of hydrogen-bond donors (Lipinski definition) is 0. The molecule has 1 aromatic heterocycles. The van der Waals surface area contributed by atoms with Crippen LogP contribution >= 0.6 is 0 Å². The van der Waals surface area contributed by atoms with Crippen molar-refractivity contribution in [3.63, 3.8) is 0 Å². The van der Waals surface area contributed by atoms with E-state index >= 15 is 0 Å². The van der Waals surface area contributed by atoms with Crippen molar-refractivity contribution in [2.24, 2.45) is 0 Å². The average molecular weight is 181 g/mol. The maximum atomic E-state index is 11.6. The third-order valence-electron chi connectivity index (χ3n) is 2.02. The monoisotopic (exact) mass is 181 g/mol. The van der Waals surface area contributed by atoms with E-state index in [1.165, 1.54) is 0 Å². The van der Waals surface area contributed by atoms with Gasteiger partial charge in [0, 0.05) is 25.4 Å². The lowest BCUT2D eigenvalue weighted by molar-refractivity contribution is 0.186. The highest BCUT2D eigenvalue weighted by Crippen LogP contribution is 1.92. The SMILES string of the molecule is CCc1cccn(CCOC)c1=O. The second-order valence-electron chi connectivity index (χ2n) is 2.88. The van der Waals surface area contributed by atoms with E-state index in [1.807, 2.05) is 19.1 Å². The predicted molar refractivity (Wildman–Crippen MR) is 52.0 cm³/mol. The van der Waals surface area contributed by atoms with Crippen LogP contribution in [0.3, 0.4) is 0 Å². The van der Waals surface area contributed by atoms with E-state index in [1.54, 1.807) is 17.9 Å². The Morgan fingerprint density at radius 3 is 2.92 bits per heavy atom. The van der Waals surface area contributed by atoms with Gasteiger partial charge in [0.05, 0.1) is 6.61 Å². The molecule has 0 unspecified atom stereocenters. The summed E-state index contributed by atoms with van der Waals surface area (Å²) in [4.78, 5) is 11.6. The van der Waals surface area contributed by atoms with Gasteiger partial charge in [0.25, 0.3) is 5.56 Å². The van der Waals surface area contributed by atoms with Gasteiger partial charge >= 0.3 is 0 Å². The van der Waals surface area contributed by atoms with Crippen molar-refractivity contribution in [2.75, 3.05) is 13.7 Å². The van der Waals surface area contributed by atoms with Crippen LogP contribution in [-0.4, -0.2) is 18.3 Å². The van der Waals surface area contributed by atoms with E-state index in [0.29, 0.717) is 13.2 Å². The fraction of sp³-hybridized carbons (Fsp3) is 0.500. The molecule has 0 aliphatic heterocycles. The fourth-order valence-corrected chi connectivity index (χ4v) is 1.22. The summed E-state index contributed by atoms with van der Waals surface area (Å²) >= 11 is 0. The van der Waals surface area contributed by atoms with Gasteiger partial charge in [-0.05, 0) is 12.5 Å². The first-order chi connectivity index (χ1) is 6.29. The lowest BCUT2D eigenvalue weighted by Gasteiger charge is -2.05. The normalized spacial score (nSPS) is 10.3. The molecule has 0 saturated heterocycles. The summed E-state index contributed by atoms with van der Waals surface area (Å²) in [6.07, 6.45) is 2.58. The Labute approximate surface area is 78.0 Å². The molecule has 1 heterocycles. The molecule has 72 valence electrons. The van der Waals surface area contributed by atoms with Gasteiger partial charge in [-0.2, -0.15) is 0 Å². The molecule has 3 heteroatoms. The largest absolute Gasteiger partial charge is 0.383 e. The minimum absolute atomic E-state index is 0.0991. The second-order valence-corrected chi connectivity index (χ2v) is 2.88. The summed E-state index contributed by atoms with van der Waals surface area (Å²) in [5, 5.41) is 0. The summed E-state index contributed by atoms with van der Waals surface area (Å²) in [7, 11) is 1.63. The molecule has 1 aromatic rings. The van der Waals surface area contributed by atoms with Crippen LogP contribution in [-0.2, 0) is 17.7 Å². The Balaban J connectivity index is 2.88. The maximum Gasteiger partial charge on any atom is 0.253 e. The summed E-state index contributed by atoms with van der Waals surface area (Å²) < 4.78 is 6.60. The highest BCUT2D eigenvalue weighted by Gasteiger charge is 1.99. The van der Waals surface area contributed by atoms with Crippen LogP contribution in [0.1, 0.15) is 12.5 Å². The van der Waals surface area contributed by atoms with Crippen molar-refractivity contribution in [3.8, 4) is 0 Å². The van der Waals surface area contributed by atoms with Crippen molar-refractivity contribution < 1.29 is 4.74 Å². The average Bonchev–Trinajstić information content (AvgIpc) is 2.16. The third-order valence-corrected chi connectivity index (χ3v) is 2.02. The first-order valence-electron chi connectivity index (χ1n) is 4.47. The quantitative estimate of drug-likeness (QED) is 0.695. The van der Waals surface area contributed by atoms with E-state index in [2.05, 4.69) is 0 Å². The van der Waals surface area contributed by atoms with Crippen molar-refractivity contribution in [1.29, 1.82) is 0 Å². The number of ether oxygens (including phenoxy) is 1. The van der Waals surface area contributed by atoms with Gasteiger partial charge in [0.15, 0.2) is 0 Å². The molecule has 3 nitrogen and oxygen atoms in total. The highest BCUT2D eigenvalue weighted by molar-refractivity contribution is 5.09. The number of aromatic nitrogens is 1. The number of pyridine rings is 1.